The number of fused-ring (bicyclic) bond motifs is 2. The summed E-state index contributed by atoms with van der Waals surface area (Å²) in [6.07, 6.45) is 6.49. The van der Waals surface area contributed by atoms with Crippen molar-refractivity contribution in [1.82, 2.24) is 9.80 Å². The van der Waals surface area contributed by atoms with Crippen LogP contribution in [0.2, 0.25) is 0 Å². The number of benzene rings is 2. The largest absolute Gasteiger partial charge is 0.368 e. The molecule has 0 atom stereocenters. The second kappa shape index (κ2) is 12.2. The molecule has 192 valence electrons. The molecular weight excluding hydrogens is 499 g/mol. The summed E-state index contributed by atoms with van der Waals surface area (Å²) in [4.78, 5) is 22.6. The fourth-order valence-corrected chi connectivity index (χ4v) is 6.90. The molecule has 8 heteroatoms. The molecule has 2 N–H and O–H groups in total. The molecule has 35 heavy (non-hydrogen) atoms. The van der Waals surface area contributed by atoms with E-state index < -0.39 is 5.54 Å². The van der Waals surface area contributed by atoms with Crippen molar-refractivity contribution in [3.05, 3.63) is 48.0 Å². The molecule has 5 rings (SSSR count). The summed E-state index contributed by atoms with van der Waals surface area (Å²) in [6.45, 7) is 8.19. The van der Waals surface area contributed by atoms with Crippen LogP contribution in [-0.4, -0.2) is 60.5 Å². The van der Waals surface area contributed by atoms with Gasteiger partial charge in [-0.3, -0.25) is 9.69 Å². The zero-order valence-electron chi connectivity index (χ0n) is 20.6. The number of rotatable bonds is 6. The van der Waals surface area contributed by atoms with Gasteiger partial charge < -0.3 is 15.5 Å². The number of piperidine rings is 2. The van der Waals surface area contributed by atoms with E-state index in [1.807, 2.05) is 11.8 Å². The van der Waals surface area contributed by atoms with Crippen molar-refractivity contribution in [1.29, 1.82) is 0 Å². The molecule has 5 nitrogen and oxygen atoms in total. The normalized spacial score (nSPS) is 19.6. The van der Waals surface area contributed by atoms with E-state index >= 15 is 0 Å². The molecule has 1 amide bonds. The van der Waals surface area contributed by atoms with Crippen LogP contribution in [0.5, 0.6) is 0 Å². The Morgan fingerprint density at radius 2 is 1.60 bits per heavy atom. The van der Waals surface area contributed by atoms with E-state index in [4.69, 9.17) is 5.73 Å². The number of anilines is 2. The Labute approximate surface area is 226 Å². The van der Waals surface area contributed by atoms with Crippen LogP contribution >= 0.6 is 36.6 Å². The van der Waals surface area contributed by atoms with E-state index in [1.54, 1.807) is 0 Å². The number of halogens is 2. The highest BCUT2D eigenvalue weighted by atomic mass is 35.5. The first-order valence-corrected chi connectivity index (χ1v) is 13.3. The van der Waals surface area contributed by atoms with Crippen LogP contribution in [-0.2, 0) is 4.79 Å². The van der Waals surface area contributed by atoms with Crippen LogP contribution in [0.4, 0.5) is 11.4 Å². The first-order valence-electron chi connectivity index (χ1n) is 12.5. The van der Waals surface area contributed by atoms with E-state index in [1.165, 1.54) is 46.0 Å². The molecule has 0 saturated carbocycles. The van der Waals surface area contributed by atoms with Gasteiger partial charge in [0.1, 0.15) is 5.54 Å². The highest BCUT2D eigenvalue weighted by Gasteiger charge is 2.44. The summed E-state index contributed by atoms with van der Waals surface area (Å²) in [5, 5.41) is 0. The van der Waals surface area contributed by atoms with E-state index in [9.17, 15) is 4.79 Å². The van der Waals surface area contributed by atoms with Crippen LogP contribution in [0, 0.1) is 6.92 Å². The Hall–Kier alpha value is -1.44. The summed E-state index contributed by atoms with van der Waals surface area (Å²) in [5.41, 5.74) is 9.50. The van der Waals surface area contributed by atoms with Gasteiger partial charge in [-0.15, -0.1) is 24.8 Å². The van der Waals surface area contributed by atoms with Gasteiger partial charge in [-0.1, -0.05) is 36.4 Å². The van der Waals surface area contributed by atoms with Crippen molar-refractivity contribution in [2.24, 2.45) is 5.73 Å². The third-order valence-corrected chi connectivity index (χ3v) is 8.87. The average Bonchev–Trinajstić information content (AvgIpc) is 2.85. The summed E-state index contributed by atoms with van der Waals surface area (Å²) in [7, 11) is 0. The minimum Gasteiger partial charge on any atom is -0.368 e. The van der Waals surface area contributed by atoms with Gasteiger partial charge in [0.25, 0.3) is 0 Å². The molecule has 3 aliphatic heterocycles. The van der Waals surface area contributed by atoms with Crippen molar-refractivity contribution < 1.29 is 4.79 Å². The number of amides is 1. The first kappa shape index (κ1) is 28.1. The minimum absolute atomic E-state index is 0. The molecule has 0 spiro atoms. The molecule has 0 bridgehead atoms. The topological polar surface area (TPSA) is 52.8 Å². The summed E-state index contributed by atoms with van der Waals surface area (Å²) in [5.74, 6) is -0.113. The van der Waals surface area contributed by atoms with E-state index in [0.29, 0.717) is 0 Å². The third-order valence-electron chi connectivity index (χ3n) is 7.74. The Morgan fingerprint density at radius 3 is 2.31 bits per heavy atom. The molecule has 3 heterocycles. The van der Waals surface area contributed by atoms with Crippen LogP contribution < -0.4 is 10.6 Å². The van der Waals surface area contributed by atoms with Crippen molar-refractivity contribution in [2.75, 3.05) is 44.2 Å². The Kier molecular flexibility index (Phi) is 9.81. The lowest BCUT2D eigenvalue weighted by atomic mass is 9.83. The molecule has 0 radical (unpaired) electrons. The van der Waals surface area contributed by atoms with Crippen molar-refractivity contribution in [3.63, 3.8) is 0 Å². The Balaban J connectivity index is 0.00000171. The van der Waals surface area contributed by atoms with Gasteiger partial charge in [0, 0.05) is 29.4 Å². The smallest absolute Gasteiger partial charge is 0.238 e. The first-order chi connectivity index (χ1) is 16.1. The highest BCUT2D eigenvalue weighted by molar-refractivity contribution is 7.99. The molecule has 0 unspecified atom stereocenters. The summed E-state index contributed by atoms with van der Waals surface area (Å²) >= 11 is 1.87. The zero-order chi connectivity index (χ0) is 22.8. The molecule has 2 saturated heterocycles. The van der Waals surface area contributed by atoms with E-state index in [0.717, 1.165) is 58.5 Å². The number of aryl methyl sites for hydroxylation is 1. The zero-order valence-corrected chi connectivity index (χ0v) is 23.0. The van der Waals surface area contributed by atoms with Crippen molar-refractivity contribution in [2.45, 2.75) is 60.8 Å². The summed E-state index contributed by atoms with van der Waals surface area (Å²) in [6, 6.07) is 15.5. The molecule has 0 aromatic heterocycles. The molecule has 2 fully saturated rings. The quantitative estimate of drug-likeness (QED) is 0.517. The molecule has 2 aromatic carbocycles. The van der Waals surface area contributed by atoms with E-state index in [2.05, 4.69) is 64.1 Å². The predicted molar refractivity (Wildman–Crippen MR) is 151 cm³/mol. The fourth-order valence-electron chi connectivity index (χ4n) is 5.82. The van der Waals surface area contributed by atoms with Crippen molar-refractivity contribution >= 4 is 53.9 Å². The minimum atomic E-state index is -0.420. The van der Waals surface area contributed by atoms with Crippen LogP contribution in [0.25, 0.3) is 0 Å². The van der Waals surface area contributed by atoms with Crippen LogP contribution in [0.3, 0.4) is 0 Å². The molecule has 3 aliphatic rings. The average molecular weight is 538 g/mol. The molecular formula is C27H38Cl2N4OS. The maximum absolute atomic E-state index is 12.5. The van der Waals surface area contributed by atoms with Crippen LogP contribution in [0.1, 0.15) is 44.1 Å². The number of para-hydroxylation sites is 1. The number of likely N-dealkylation sites (tertiary alicyclic amines) is 2. The lowest BCUT2D eigenvalue weighted by molar-refractivity contribution is -0.134. The maximum Gasteiger partial charge on any atom is 0.238 e. The SMILES string of the molecule is Cc1ccc2c(c1)N(CCCN1CCC(C(N)=O)(N3CCCCC3)CC1)c1ccccc1S2.Cl.Cl. The standard InChI is InChI=1S/C27H36N4OS.2ClH/c1-21-10-11-25-23(20-21)31(22-8-3-4-9-24(22)33-25)17-7-14-29-18-12-27(13-19-29,26(28)32)30-15-5-2-6-16-30;;/h3-4,8-11,20H,2,5-7,12-19H2,1H3,(H2,28,32);2*1H. The predicted octanol–water partition coefficient (Wildman–Crippen LogP) is 5.64. The number of nitrogens with zero attached hydrogens (tertiary/aromatic N) is 3. The van der Waals surface area contributed by atoms with Gasteiger partial charge in [-0.25, -0.2) is 0 Å². The monoisotopic (exact) mass is 536 g/mol. The second-order valence-electron chi connectivity index (χ2n) is 9.83. The number of primary amides is 1. The number of carbonyl (C=O) groups is 1. The van der Waals surface area contributed by atoms with E-state index in [-0.39, 0.29) is 30.7 Å². The number of hydrogen-bond acceptors (Lipinski definition) is 5. The molecule has 0 aliphatic carbocycles. The highest BCUT2D eigenvalue weighted by Crippen LogP contribution is 2.48. The lowest BCUT2D eigenvalue weighted by Crippen LogP contribution is -2.63. The number of nitrogens with two attached hydrogens (primary N) is 1. The Bertz CT molecular complexity index is 1010. The van der Waals surface area contributed by atoms with Gasteiger partial charge in [0.2, 0.25) is 5.91 Å². The fraction of sp³-hybridized carbons (Fsp3) is 0.519. The van der Waals surface area contributed by atoms with Gasteiger partial charge in [-0.05, 0) is 88.5 Å². The van der Waals surface area contributed by atoms with Gasteiger partial charge >= 0.3 is 0 Å². The Morgan fingerprint density at radius 1 is 0.914 bits per heavy atom. The number of hydrogen-bond donors (Lipinski definition) is 1. The van der Waals surface area contributed by atoms with Gasteiger partial charge in [-0.2, -0.15) is 0 Å². The second-order valence-corrected chi connectivity index (χ2v) is 10.9. The maximum atomic E-state index is 12.5. The third kappa shape index (κ3) is 5.78. The van der Waals surface area contributed by atoms with Crippen molar-refractivity contribution in [3.8, 4) is 0 Å². The van der Waals surface area contributed by atoms with Crippen LogP contribution in [0.15, 0.2) is 52.3 Å². The van der Waals surface area contributed by atoms with Gasteiger partial charge in [0.05, 0.1) is 11.4 Å². The number of carbonyl (C=O) groups excluding carboxylic acids is 1. The van der Waals surface area contributed by atoms with Gasteiger partial charge in [0.15, 0.2) is 0 Å². The molecule has 2 aromatic rings. The lowest BCUT2D eigenvalue weighted by Gasteiger charge is -2.48. The summed E-state index contributed by atoms with van der Waals surface area (Å²) < 4.78 is 0.